The molecule has 5 heteroatoms. The minimum atomic E-state index is 0.244. The number of benzene rings is 3. The number of hydrogen-bond donors (Lipinski definition) is 0. The number of fused-ring (bicyclic) bond motifs is 2. The molecule has 1 aromatic heterocycles. The smallest absolute Gasteiger partial charge is 0.231 e. The Morgan fingerprint density at radius 2 is 1.68 bits per heavy atom. The Kier molecular flexibility index (Phi) is 3.98. The molecule has 5 nitrogen and oxygen atoms in total. The Hall–Kier alpha value is -3.73. The molecule has 0 unspecified atom stereocenters. The van der Waals surface area contributed by atoms with Gasteiger partial charge >= 0.3 is 0 Å². The zero-order valence-electron chi connectivity index (χ0n) is 15.2. The summed E-state index contributed by atoms with van der Waals surface area (Å²) in [4.78, 5) is 4.85. The summed E-state index contributed by atoms with van der Waals surface area (Å²) in [6.07, 6.45) is 0. The molecule has 0 saturated heterocycles. The van der Waals surface area contributed by atoms with Crippen molar-refractivity contribution in [2.24, 2.45) is 4.99 Å². The maximum atomic E-state index is 6.13. The number of nitrogens with zero attached hydrogens (tertiary/aromatic N) is 1. The molecule has 2 heterocycles. The third-order valence-corrected chi connectivity index (χ3v) is 4.63. The van der Waals surface area contributed by atoms with Gasteiger partial charge in [-0.1, -0.05) is 12.1 Å². The van der Waals surface area contributed by atoms with Crippen LogP contribution in [0.3, 0.4) is 0 Å². The topological polar surface area (TPSA) is 53.2 Å². The summed E-state index contributed by atoms with van der Waals surface area (Å²) < 4.78 is 22.2. The van der Waals surface area contributed by atoms with Gasteiger partial charge in [0, 0.05) is 23.1 Å². The van der Waals surface area contributed by atoms with Crippen LogP contribution in [-0.2, 0) is 0 Å². The minimum Gasteiger partial charge on any atom is -0.497 e. The molecule has 0 aliphatic carbocycles. The Labute approximate surface area is 161 Å². The molecule has 0 radical (unpaired) electrons. The highest BCUT2D eigenvalue weighted by atomic mass is 16.7. The van der Waals surface area contributed by atoms with Gasteiger partial charge in [-0.25, -0.2) is 4.99 Å². The first-order valence-corrected chi connectivity index (χ1v) is 8.92. The van der Waals surface area contributed by atoms with Crippen LogP contribution in [-0.4, -0.2) is 13.9 Å². The molecular weight excluding hydrogens is 354 g/mol. The van der Waals surface area contributed by atoms with Gasteiger partial charge in [-0.2, -0.15) is 0 Å². The molecule has 3 aromatic carbocycles. The van der Waals surface area contributed by atoms with E-state index in [4.69, 9.17) is 23.6 Å². The lowest BCUT2D eigenvalue weighted by molar-refractivity contribution is 0.174. The fourth-order valence-electron chi connectivity index (χ4n) is 3.20. The molecule has 1 aliphatic rings. The fourth-order valence-corrected chi connectivity index (χ4v) is 3.20. The van der Waals surface area contributed by atoms with E-state index in [9.17, 15) is 0 Å². The van der Waals surface area contributed by atoms with Gasteiger partial charge in [0.2, 0.25) is 6.79 Å². The predicted molar refractivity (Wildman–Crippen MR) is 106 cm³/mol. The molecule has 0 fully saturated rings. The molecule has 4 aromatic rings. The van der Waals surface area contributed by atoms with E-state index in [2.05, 4.69) is 0 Å². The van der Waals surface area contributed by atoms with Crippen molar-refractivity contribution in [2.45, 2.75) is 0 Å². The van der Waals surface area contributed by atoms with E-state index >= 15 is 0 Å². The van der Waals surface area contributed by atoms with Crippen LogP contribution in [0.25, 0.3) is 22.3 Å². The summed E-state index contributed by atoms with van der Waals surface area (Å²) in [7, 11) is 1.65. The number of ether oxygens (including phenoxy) is 3. The van der Waals surface area contributed by atoms with Crippen molar-refractivity contribution < 1.29 is 18.6 Å². The van der Waals surface area contributed by atoms with Crippen molar-refractivity contribution in [3.63, 3.8) is 0 Å². The van der Waals surface area contributed by atoms with Crippen molar-refractivity contribution in [3.8, 4) is 28.6 Å². The summed E-state index contributed by atoms with van der Waals surface area (Å²) in [5.41, 5.74) is 2.52. The van der Waals surface area contributed by atoms with Crippen LogP contribution in [0, 0.1) is 0 Å². The van der Waals surface area contributed by atoms with Crippen molar-refractivity contribution in [2.75, 3.05) is 13.9 Å². The highest BCUT2D eigenvalue weighted by Crippen LogP contribution is 2.35. The molecule has 138 valence electrons. The van der Waals surface area contributed by atoms with Crippen LogP contribution in [0.1, 0.15) is 0 Å². The summed E-state index contributed by atoms with van der Waals surface area (Å²) in [5, 5.41) is 1.77. The minimum absolute atomic E-state index is 0.244. The lowest BCUT2D eigenvalue weighted by Gasteiger charge is -2.06. The fraction of sp³-hybridized carbons (Fsp3) is 0.0870. The normalized spacial score (nSPS) is 13.1. The summed E-state index contributed by atoms with van der Waals surface area (Å²) in [6, 6.07) is 23.3. The van der Waals surface area contributed by atoms with Gasteiger partial charge in [0.15, 0.2) is 11.5 Å². The molecule has 0 spiro atoms. The van der Waals surface area contributed by atoms with Gasteiger partial charge in [0.25, 0.3) is 0 Å². The first kappa shape index (κ1) is 16.4. The second-order valence-corrected chi connectivity index (χ2v) is 6.37. The zero-order chi connectivity index (χ0) is 18.9. The third kappa shape index (κ3) is 2.97. The van der Waals surface area contributed by atoms with Gasteiger partial charge in [-0.15, -0.1) is 0 Å². The van der Waals surface area contributed by atoms with Gasteiger partial charge < -0.3 is 18.6 Å². The van der Waals surface area contributed by atoms with Crippen LogP contribution >= 0.6 is 0 Å². The molecule has 0 saturated carbocycles. The standard InChI is InChI=1S/C23H17NO4/c1-25-17-9-6-15(7-10-17)22-13-19(18-4-2-3-5-20(18)28-22)24-16-8-11-21-23(12-16)27-14-26-21/h2-13H,14H2,1H3. The van der Waals surface area contributed by atoms with E-state index in [0.717, 1.165) is 44.8 Å². The van der Waals surface area contributed by atoms with Crippen molar-refractivity contribution >= 4 is 16.7 Å². The quantitative estimate of drug-likeness (QED) is 0.505. The summed E-state index contributed by atoms with van der Waals surface area (Å²) >= 11 is 0. The van der Waals surface area contributed by atoms with Crippen molar-refractivity contribution in [3.05, 3.63) is 78.2 Å². The largest absolute Gasteiger partial charge is 0.497 e. The first-order valence-electron chi connectivity index (χ1n) is 8.92. The Bertz CT molecular complexity index is 1230. The van der Waals surface area contributed by atoms with Gasteiger partial charge in [0.1, 0.15) is 17.1 Å². The van der Waals surface area contributed by atoms with Crippen molar-refractivity contribution in [1.29, 1.82) is 0 Å². The van der Waals surface area contributed by atoms with E-state index in [1.165, 1.54) is 0 Å². The Morgan fingerprint density at radius 3 is 2.54 bits per heavy atom. The SMILES string of the molecule is COc1ccc(-c2cc(=Nc3ccc4c(c3)OCO4)c3ccccc3o2)cc1. The molecule has 0 bridgehead atoms. The van der Waals surface area contributed by atoms with Crippen LogP contribution < -0.4 is 19.6 Å². The van der Waals surface area contributed by atoms with Gasteiger partial charge in [-0.05, 0) is 48.5 Å². The number of rotatable bonds is 3. The molecule has 0 amide bonds. The second kappa shape index (κ2) is 6.78. The van der Waals surface area contributed by atoms with Crippen LogP contribution in [0.4, 0.5) is 5.69 Å². The average Bonchev–Trinajstić information content (AvgIpc) is 3.21. The van der Waals surface area contributed by atoms with E-state index in [1.807, 2.05) is 72.8 Å². The summed E-state index contributed by atoms with van der Waals surface area (Å²) in [6.45, 7) is 0.244. The van der Waals surface area contributed by atoms with E-state index < -0.39 is 0 Å². The summed E-state index contributed by atoms with van der Waals surface area (Å²) in [5.74, 6) is 2.99. The Balaban J connectivity index is 1.68. The predicted octanol–water partition coefficient (Wildman–Crippen LogP) is 5.07. The van der Waals surface area contributed by atoms with Crippen molar-refractivity contribution in [1.82, 2.24) is 0 Å². The number of hydrogen-bond acceptors (Lipinski definition) is 5. The maximum Gasteiger partial charge on any atom is 0.231 e. The van der Waals surface area contributed by atoms with Gasteiger partial charge in [-0.3, -0.25) is 0 Å². The lowest BCUT2D eigenvalue weighted by Crippen LogP contribution is -2.03. The van der Waals surface area contributed by atoms with Crippen LogP contribution in [0.2, 0.25) is 0 Å². The Morgan fingerprint density at radius 1 is 0.857 bits per heavy atom. The second-order valence-electron chi connectivity index (χ2n) is 6.37. The monoisotopic (exact) mass is 371 g/mol. The van der Waals surface area contributed by atoms with E-state index in [1.54, 1.807) is 7.11 Å². The van der Waals surface area contributed by atoms with E-state index in [0.29, 0.717) is 5.75 Å². The highest BCUT2D eigenvalue weighted by Gasteiger charge is 2.13. The zero-order valence-corrected chi connectivity index (χ0v) is 15.2. The third-order valence-electron chi connectivity index (χ3n) is 4.63. The highest BCUT2D eigenvalue weighted by molar-refractivity contribution is 5.78. The molecule has 0 atom stereocenters. The van der Waals surface area contributed by atoms with Crippen LogP contribution in [0.15, 0.2) is 82.2 Å². The maximum absolute atomic E-state index is 6.13. The first-order chi connectivity index (χ1) is 13.8. The lowest BCUT2D eigenvalue weighted by atomic mass is 10.1. The molecule has 0 N–H and O–H groups in total. The average molecular weight is 371 g/mol. The van der Waals surface area contributed by atoms with E-state index in [-0.39, 0.29) is 6.79 Å². The molecule has 5 rings (SSSR count). The molecular formula is C23H17NO4. The molecule has 1 aliphatic heterocycles. The molecule has 28 heavy (non-hydrogen) atoms. The number of methoxy groups -OCH3 is 1. The number of para-hydroxylation sites is 1. The van der Waals surface area contributed by atoms with Gasteiger partial charge in [0.05, 0.1) is 18.2 Å². The van der Waals surface area contributed by atoms with Crippen LogP contribution in [0.5, 0.6) is 17.2 Å².